The summed E-state index contributed by atoms with van der Waals surface area (Å²) in [6, 6.07) is 6.49. The highest BCUT2D eigenvalue weighted by Crippen LogP contribution is 2.27. The molecule has 4 N–H and O–H groups in total. The van der Waals surface area contributed by atoms with Crippen LogP contribution < -0.4 is 21.1 Å². The van der Waals surface area contributed by atoms with Crippen molar-refractivity contribution in [3.8, 4) is 5.75 Å². The first-order chi connectivity index (χ1) is 16.4. The molecule has 0 radical (unpaired) electrons. The van der Waals surface area contributed by atoms with E-state index in [1.54, 1.807) is 14.0 Å². The molecule has 0 unspecified atom stereocenters. The first-order valence-electron chi connectivity index (χ1n) is 12.3. The zero-order valence-electron chi connectivity index (χ0n) is 21.6. The van der Waals surface area contributed by atoms with E-state index in [1.807, 2.05) is 13.1 Å². The Morgan fingerprint density at radius 2 is 2.03 bits per heavy atom. The van der Waals surface area contributed by atoms with Crippen LogP contribution in [0.5, 0.6) is 5.75 Å². The zero-order valence-corrected chi connectivity index (χ0v) is 21.6. The standard InChI is InChI=1S/C27H44N6O/c1-7-9-10-13-30-27(31-22(5)28)26(21(3)4)33(8-2)20-24-12-11-23(18-25(24)34-6)19-32-16-14-29-15-17-32/h8,11-12,18,29-30H,2-3,7,9-10,13-17,19-20H2,1,4-6H3,(H2,28,31)/b27-26+. The normalized spacial score (nSPS) is 15.5. The lowest BCUT2D eigenvalue weighted by Crippen LogP contribution is -2.42. The predicted octanol–water partition coefficient (Wildman–Crippen LogP) is 3.95. The monoisotopic (exact) mass is 468 g/mol. The summed E-state index contributed by atoms with van der Waals surface area (Å²) in [5.74, 6) is 2.09. The van der Waals surface area contributed by atoms with Gasteiger partial charge in [-0.05, 0) is 43.7 Å². The Balaban J connectivity index is 2.30. The molecule has 1 aromatic rings. The van der Waals surface area contributed by atoms with Crippen LogP contribution in [0.2, 0.25) is 0 Å². The van der Waals surface area contributed by atoms with E-state index in [4.69, 9.17) is 10.5 Å². The average Bonchev–Trinajstić information content (AvgIpc) is 2.82. The summed E-state index contributed by atoms with van der Waals surface area (Å²) in [5.41, 5.74) is 10.1. The number of methoxy groups -OCH3 is 1. The summed E-state index contributed by atoms with van der Waals surface area (Å²) >= 11 is 0. The second kappa shape index (κ2) is 14.5. The summed E-state index contributed by atoms with van der Waals surface area (Å²) in [5, 5.41) is 6.88. The summed E-state index contributed by atoms with van der Waals surface area (Å²) in [4.78, 5) is 9.12. The summed E-state index contributed by atoms with van der Waals surface area (Å²) in [7, 11) is 1.73. The van der Waals surface area contributed by atoms with Crippen LogP contribution in [0.1, 0.15) is 51.2 Å². The Labute approximate surface area is 206 Å². The summed E-state index contributed by atoms with van der Waals surface area (Å²) in [6.45, 7) is 20.8. The van der Waals surface area contributed by atoms with Crippen LogP contribution in [0.25, 0.3) is 0 Å². The number of ether oxygens (including phenoxy) is 1. The van der Waals surface area contributed by atoms with Gasteiger partial charge in [-0.2, -0.15) is 0 Å². The maximum absolute atomic E-state index is 5.97. The van der Waals surface area contributed by atoms with Gasteiger partial charge in [-0.15, -0.1) is 0 Å². The van der Waals surface area contributed by atoms with Crippen molar-refractivity contribution in [3.05, 3.63) is 65.8 Å². The third kappa shape index (κ3) is 8.54. The number of rotatable bonds is 14. The number of aliphatic imine (C=N–C) groups is 1. The fraction of sp³-hybridized carbons (Fsp3) is 0.519. The molecular formula is C27H44N6O. The van der Waals surface area contributed by atoms with Gasteiger partial charge in [-0.25, -0.2) is 4.99 Å². The number of benzene rings is 1. The van der Waals surface area contributed by atoms with Crippen LogP contribution in [0.4, 0.5) is 0 Å². The summed E-state index contributed by atoms with van der Waals surface area (Å²) < 4.78 is 5.78. The molecule has 188 valence electrons. The third-order valence-electron chi connectivity index (χ3n) is 5.81. The number of unbranched alkanes of at least 4 members (excludes halogenated alkanes) is 2. The number of hydrogen-bond acceptors (Lipinski definition) is 6. The number of amidine groups is 1. The number of nitrogens with one attached hydrogen (secondary N) is 2. The lowest BCUT2D eigenvalue weighted by molar-refractivity contribution is 0.233. The molecule has 1 fully saturated rings. The molecule has 1 heterocycles. The Morgan fingerprint density at radius 1 is 1.29 bits per heavy atom. The van der Waals surface area contributed by atoms with Crippen molar-refractivity contribution < 1.29 is 4.74 Å². The number of nitrogens with two attached hydrogens (primary N) is 1. The van der Waals surface area contributed by atoms with Crippen LogP contribution in [-0.4, -0.2) is 55.5 Å². The maximum Gasteiger partial charge on any atom is 0.152 e. The fourth-order valence-corrected chi connectivity index (χ4v) is 4.08. The first-order valence-corrected chi connectivity index (χ1v) is 12.3. The van der Waals surface area contributed by atoms with Crippen LogP contribution in [-0.2, 0) is 13.1 Å². The fourth-order valence-electron chi connectivity index (χ4n) is 4.08. The molecule has 2 rings (SSSR count). The van der Waals surface area contributed by atoms with Crippen molar-refractivity contribution in [3.63, 3.8) is 0 Å². The molecule has 7 nitrogen and oxygen atoms in total. The van der Waals surface area contributed by atoms with E-state index in [0.29, 0.717) is 12.4 Å². The van der Waals surface area contributed by atoms with Gasteiger partial charge in [0.05, 0.1) is 25.2 Å². The van der Waals surface area contributed by atoms with Crippen LogP contribution in [0.15, 0.2) is 59.6 Å². The van der Waals surface area contributed by atoms with Crippen molar-refractivity contribution in [2.45, 2.75) is 53.1 Å². The van der Waals surface area contributed by atoms with E-state index >= 15 is 0 Å². The van der Waals surface area contributed by atoms with Crippen LogP contribution >= 0.6 is 0 Å². The molecule has 0 aliphatic carbocycles. The lowest BCUT2D eigenvalue weighted by atomic mass is 10.1. The third-order valence-corrected chi connectivity index (χ3v) is 5.81. The highest BCUT2D eigenvalue weighted by molar-refractivity contribution is 5.78. The largest absolute Gasteiger partial charge is 0.496 e. The van der Waals surface area contributed by atoms with Crippen LogP contribution in [0, 0.1) is 0 Å². The first kappa shape index (κ1) is 27.5. The summed E-state index contributed by atoms with van der Waals surface area (Å²) in [6.07, 6.45) is 5.21. The van der Waals surface area contributed by atoms with Crippen molar-refractivity contribution in [2.24, 2.45) is 10.7 Å². The molecule has 0 bridgehead atoms. The van der Waals surface area contributed by atoms with Crippen molar-refractivity contribution in [1.29, 1.82) is 0 Å². The van der Waals surface area contributed by atoms with Gasteiger partial charge in [0.15, 0.2) is 5.82 Å². The zero-order chi connectivity index (χ0) is 24.9. The quantitative estimate of drug-likeness (QED) is 0.166. The topological polar surface area (TPSA) is 78.1 Å². The van der Waals surface area contributed by atoms with E-state index in [0.717, 1.165) is 86.9 Å². The van der Waals surface area contributed by atoms with Gasteiger partial charge in [-0.1, -0.05) is 45.1 Å². The Hall–Kier alpha value is -2.77. The van der Waals surface area contributed by atoms with Gasteiger partial charge in [0, 0.05) is 44.8 Å². The SMILES string of the molecule is C=CN(Cc1ccc(CN2CCNCC2)cc1OC)/C(C(=C)C)=C(/N=C(\C)N)NCCCCC. The van der Waals surface area contributed by atoms with Crippen molar-refractivity contribution in [1.82, 2.24) is 20.4 Å². The van der Waals surface area contributed by atoms with E-state index in [-0.39, 0.29) is 0 Å². The molecule has 1 aliphatic rings. The smallest absolute Gasteiger partial charge is 0.152 e. The molecule has 1 aliphatic heterocycles. The van der Waals surface area contributed by atoms with Gasteiger partial charge in [0.2, 0.25) is 0 Å². The maximum atomic E-state index is 5.97. The predicted molar refractivity (Wildman–Crippen MR) is 144 cm³/mol. The Kier molecular flexibility index (Phi) is 11.7. The minimum atomic E-state index is 0.496. The molecule has 1 saturated heterocycles. The van der Waals surface area contributed by atoms with Gasteiger partial charge in [0.1, 0.15) is 5.75 Å². The van der Waals surface area contributed by atoms with Gasteiger partial charge >= 0.3 is 0 Å². The second-order valence-corrected chi connectivity index (χ2v) is 8.85. The Bertz CT molecular complexity index is 866. The number of piperazine rings is 1. The highest BCUT2D eigenvalue weighted by Gasteiger charge is 2.18. The molecule has 0 atom stereocenters. The lowest BCUT2D eigenvalue weighted by Gasteiger charge is -2.28. The van der Waals surface area contributed by atoms with E-state index in [2.05, 4.69) is 63.7 Å². The molecule has 0 aromatic heterocycles. The molecule has 0 spiro atoms. The highest BCUT2D eigenvalue weighted by atomic mass is 16.5. The number of nitrogens with zero attached hydrogens (tertiary/aromatic N) is 3. The molecule has 0 amide bonds. The second-order valence-electron chi connectivity index (χ2n) is 8.85. The molecule has 1 aromatic carbocycles. The van der Waals surface area contributed by atoms with Crippen molar-refractivity contribution in [2.75, 3.05) is 39.8 Å². The minimum Gasteiger partial charge on any atom is -0.496 e. The number of hydrogen-bond donors (Lipinski definition) is 3. The number of allylic oxidation sites excluding steroid dienone is 1. The molecular weight excluding hydrogens is 424 g/mol. The van der Waals surface area contributed by atoms with Gasteiger partial charge in [0.25, 0.3) is 0 Å². The van der Waals surface area contributed by atoms with E-state index < -0.39 is 0 Å². The van der Waals surface area contributed by atoms with E-state index in [1.165, 1.54) is 5.56 Å². The van der Waals surface area contributed by atoms with Crippen molar-refractivity contribution >= 4 is 5.84 Å². The molecule has 7 heteroatoms. The van der Waals surface area contributed by atoms with E-state index in [9.17, 15) is 0 Å². The van der Waals surface area contributed by atoms with Gasteiger partial charge in [-0.3, -0.25) is 4.90 Å². The average molecular weight is 469 g/mol. The molecule has 0 saturated carbocycles. The Morgan fingerprint density at radius 3 is 2.62 bits per heavy atom. The van der Waals surface area contributed by atoms with Gasteiger partial charge < -0.3 is 26.0 Å². The minimum absolute atomic E-state index is 0.496. The molecule has 34 heavy (non-hydrogen) atoms. The van der Waals surface area contributed by atoms with Crippen LogP contribution in [0.3, 0.4) is 0 Å².